The molecule has 0 bridgehead atoms. The largest absolute Gasteiger partial charge is 0.481 e. The maximum atomic E-state index is 13.1. The molecule has 0 saturated heterocycles. The van der Waals surface area contributed by atoms with Crippen LogP contribution >= 0.6 is 0 Å². The van der Waals surface area contributed by atoms with Gasteiger partial charge in [-0.25, -0.2) is 0 Å². The van der Waals surface area contributed by atoms with Gasteiger partial charge in [-0.3, -0.25) is 14.9 Å². The molecule has 0 saturated carbocycles. The molecule has 1 aliphatic rings. The first-order valence-electron chi connectivity index (χ1n) is 3.98. The number of nitrogens with one attached hydrogen (secondary N) is 1. The molecule has 0 fully saturated rings. The molecule has 7 heteroatoms. The van der Waals surface area contributed by atoms with Crippen molar-refractivity contribution in [2.24, 2.45) is 0 Å². The molecule has 1 heterocycles. The molecule has 0 unspecified atom stereocenters. The Labute approximate surface area is 82.8 Å². The third-order valence-electron chi connectivity index (χ3n) is 1.88. The molecule has 1 N–H and O–H groups in total. The Hall–Kier alpha value is -2.18. The van der Waals surface area contributed by atoms with Crippen molar-refractivity contribution in [3.8, 4) is 5.75 Å². The number of amides is 1. The molecule has 0 aliphatic carbocycles. The lowest BCUT2D eigenvalue weighted by molar-refractivity contribution is -0.387. The lowest BCUT2D eigenvalue weighted by Gasteiger charge is -2.17. The van der Waals surface area contributed by atoms with E-state index in [-0.39, 0.29) is 18.0 Å². The van der Waals surface area contributed by atoms with Gasteiger partial charge in [0.1, 0.15) is 0 Å². The van der Waals surface area contributed by atoms with E-state index >= 15 is 0 Å². The molecule has 1 aliphatic heterocycles. The Morgan fingerprint density at radius 3 is 2.93 bits per heavy atom. The summed E-state index contributed by atoms with van der Waals surface area (Å²) in [5.74, 6) is -1.33. The van der Waals surface area contributed by atoms with Crippen LogP contribution in [-0.2, 0) is 4.79 Å². The van der Waals surface area contributed by atoms with Crippen molar-refractivity contribution in [2.45, 2.75) is 0 Å². The minimum Gasteiger partial charge on any atom is -0.481 e. The first-order chi connectivity index (χ1) is 7.08. The van der Waals surface area contributed by atoms with Crippen molar-refractivity contribution in [1.82, 2.24) is 0 Å². The van der Waals surface area contributed by atoms with Gasteiger partial charge < -0.3 is 10.1 Å². The molecule has 2 rings (SSSR count). The van der Waals surface area contributed by atoms with Crippen molar-refractivity contribution in [1.29, 1.82) is 0 Å². The van der Waals surface area contributed by atoms with Gasteiger partial charge >= 0.3 is 5.69 Å². The van der Waals surface area contributed by atoms with Gasteiger partial charge in [-0.15, -0.1) is 0 Å². The highest BCUT2D eigenvalue weighted by Crippen LogP contribution is 2.33. The van der Waals surface area contributed by atoms with E-state index in [1.165, 1.54) is 0 Å². The van der Waals surface area contributed by atoms with Crippen LogP contribution < -0.4 is 10.1 Å². The Bertz CT molecular complexity index is 460. The monoisotopic (exact) mass is 212 g/mol. The highest BCUT2D eigenvalue weighted by Gasteiger charge is 2.23. The van der Waals surface area contributed by atoms with Crippen LogP contribution in [-0.4, -0.2) is 17.4 Å². The van der Waals surface area contributed by atoms with Crippen molar-refractivity contribution in [2.75, 3.05) is 11.9 Å². The molecular formula is C8H5FN2O4. The van der Waals surface area contributed by atoms with Crippen LogP contribution in [0, 0.1) is 15.9 Å². The summed E-state index contributed by atoms with van der Waals surface area (Å²) in [7, 11) is 0. The zero-order chi connectivity index (χ0) is 11.0. The maximum absolute atomic E-state index is 13.1. The van der Waals surface area contributed by atoms with Crippen LogP contribution in [0.15, 0.2) is 12.1 Å². The Morgan fingerprint density at radius 1 is 1.53 bits per heavy atom. The number of rotatable bonds is 1. The molecule has 1 aromatic rings. The zero-order valence-corrected chi connectivity index (χ0v) is 7.32. The molecule has 15 heavy (non-hydrogen) atoms. The molecular weight excluding hydrogens is 207 g/mol. The Kier molecular flexibility index (Phi) is 2.00. The van der Waals surface area contributed by atoms with E-state index in [2.05, 4.69) is 5.32 Å². The van der Waals surface area contributed by atoms with Gasteiger partial charge in [-0.1, -0.05) is 0 Å². The van der Waals surface area contributed by atoms with E-state index < -0.39 is 22.3 Å². The standard InChI is InChI=1S/C8H5FN2O4/c9-4-1-5-7(2-6(4)11(13)14)15-3-8(12)10-5/h1-2H,3H2,(H,10,12). The number of carbonyl (C=O) groups excluding carboxylic acids is 1. The van der Waals surface area contributed by atoms with Crippen LogP contribution in [0.2, 0.25) is 0 Å². The van der Waals surface area contributed by atoms with Gasteiger partial charge in [0.15, 0.2) is 12.4 Å². The fraction of sp³-hybridized carbons (Fsp3) is 0.125. The van der Waals surface area contributed by atoms with Gasteiger partial charge in [0.25, 0.3) is 5.91 Å². The predicted molar refractivity (Wildman–Crippen MR) is 47.2 cm³/mol. The highest BCUT2D eigenvalue weighted by atomic mass is 19.1. The number of nitrogens with zero attached hydrogens (tertiary/aromatic N) is 1. The van der Waals surface area contributed by atoms with Crippen LogP contribution in [0.3, 0.4) is 0 Å². The fourth-order valence-corrected chi connectivity index (χ4v) is 1.23. The summed E-state index contributed by atoms with van der Waals surface area (Å²) in [5, 5.41) is 12.7. The minimum atomic E-state index is -1.01. The first-order valence-corrected chi connectivity index (χ1v) is 3.98. The predicted octanol–water partition coefficient (Wildman–Crippen LogP) is 1.06. The van der Waals surface area contributed by atoms with Crippen LogP contribution in [0.5, 0.6) is 5.75 Å². The molecule has 0 spiro atoms. The van der Waals surface area contributed by atoms with Crippen LogP contribution in [0.4, 0.5) is 15.8 Å². The number of hydrogen-bond donors (Lipinski definition) is 1. The number of nitro groups is 1. The molecule has 1 amide bonds. The number of hydrogen-bond acceptors (Lipinski definition) is 4. The number of halogens is 1. The van der Waals surface area contributed by atoms with Crippen molar-refractivity contribution < 1.29 is 18.8 Å². The average Bonchev–Trinajstić information content (AvgIpc) is 2.15. The molecule has 78 valence electrons. The molecule has 0 atom stereocenters. The third kappa shape index (κ3) is 1.58. The second-order valence-corrected chi connectivity index (χ2v) is 2.89. The molecule has 0 radical (unpaired) electrons. The summed E-state index contributed by atoms with van der Waals surface area (Å²) < 4.78 is 18.0. The topological polar surface area (TPSA) is 81.5 Å². The van der Waals surface area contributed by atoms with Gasteiger partial charge in [0, 0.05) is 6.07 Å². The molecule has 1 aromatic carbocycles. The number of carbonyl (C=O) groups is 1. The molecule has 6 nitrogen and oxygen atoms in total. The SMILES string of the molecule is O=C1COc2cc([N+](=O)[O-])c(F)cc2N1. The quantitative estimate of drug-likeness (QED) is 0.557. The van der Waals surface area contributed by atoms with E-state index in [4.69, 9.17) is 4.74 Å². The second kappa shape index (κ2) is 3.19. The normalized spacial score (nSPS) is 13.8. The third-order valence-corrected chi connectivity index (χ3v) is 1.88. The zero-order valence-electron chi connectivity index (χ0n) is 7.32. The minimum absolute atomic E-state index is 0.0997. The van der Waals surface area contributed by atoms with Crippen LogP contribution in [0.25, 0.3) is 0 Å². The summed E-state index contributed by atoms with van der Waals surface area (Å²) in [4.78, 5) is 20.4. The van der Waals surface area contributed by atoms with E-state index in [1.54, 1.807) is 0 Å². The fourth-order valence-electron chi connectivity index (χ4n) is 1.23. The number of fused-ring (bicyclic) bond motifs is 1. The number of ether oxygens (including phenoxy) is 1. The van der Waals surface area contributed by atoms with E-state index in [1.807, 2.05) is 0 Å². The van der Waals surface area contributed by atoms with Gasteiger partial charge in [-0.05, 0) is 0 Å². The maximum Gasteiger partial charge on any atom is 0.308 e. The number of anilines is 1. The van der Waals surface area contributed by atoms with Crippen molar-refractivity contribution in [3.05, 3.63) is 28.1 Å². The Morgan fingerprint density at radius 2 is 2.27 bits per heavy atom. The average molecular weight is 212 g/mol. The number of benzene rings is 1. The van der Waals surface area contributed by atoms with E-state index in [9.17, 15) is 19.3 Å². The van der Waals surface area contributed by atoms with Crippen LogP contribution in [0.1, 0.15) is 0 Å². The Balaban J connectivity index is 2.50. The highest BCUT2D eigenvalue weighted by molar-refractivity contribution is 5.95. The van der Waals surface area contributed by atoms with Gasteiger partial charge in [0.2, 0.25) is 5.82 Å². The summed E-state index contributed by atoms with van der Waals surface area (Å²) in [6.45, 7) is -0.226. The van der Waals surface area contributed by atoms with E-state index in [0.717, 1.165) is 12.1 Å². The van der Waals surface area contributed by atoms with E-state index in [0.29, 0.717) is 0 Å². The number of nitro benzene ring substituents is 1. The van der Waals surface area contributed by atoms with Gasteiger partial charge in [0.05, 0.1) is 16.7 Å². The lowest BCUT2D eigenvalue weighted by Crippen LogP contribution is -2.25. The summed E-state index contributed by atoms with van der Waals surface area (Å²) in [5.41, 5.74) is -0.570. The van der Waals surface area contributed by atoms with Crippen molar-refractivity contribution >= 4 is 17.3 Å². The second-order valence-electron chi connectivity index (χ2n) is 2.89. The van der Waals surface area contributed by atoms with Gasteiger partial charge in [-0.2, -0.15) is 4.39 Å². The summed E-state index contributed by atoms with van der Waals surface area (Å²) in [6.07, 6.45) is 0. The first kappa shape index (κ1) is 9.38. The summed E-state index contributed by atoms with van der Waals surface area (Å²) >= 11 is 0. The van der Waals surface area contributed by atoms with Crippen molar-refractivity contribution in [3.63, 3.8) is 0 Å². The molecule has 0 aromatic heterocycles. The summed E-state index contributed by atoms with van der Waals surface area (Å²) in [6, 6.07) is 1.81. The lowest BCUT2D eigenvalue weighted by atomic mass is 10.2. The smallest absolute Gasteiger partial charge is 0.308 e.